The summed E-state index contributed by atoms with van der Waals surface area (Å²) in [5.74, 6) is -1.90. The number of Topliss-reactive ketones (excluding diaryl/α,β-unsaturated/α-hetero) is 1. The Bertz CT molecular complexity index is 1490. The van der Waals surface area contributed by atoms with Crippen LogP contribution in [-0.2, 0) is 11.3 Å². The van der Waals surface area contributed by atoms with Crippen LogP contribution in [0.25, 0.3) is 11.0 Å². The molecule has 5 rings (SSSR count). The Morgan fingerprint density at radius 3 is 2.69 bits per heavy atom. The van der Waals surface area contributed by atoms with Crippen molar-refractivity contribution in [1.29, 1.82) is 0 Å². The molecule has 0 bridgehead atoms. The number of halogens is 1. The highest BCUT2D eigenvalue weighted by Gasteiger charge is 2.44. The average molecular weight is 491 g/mol. The van der Waals surface area contributed by atoms with E-state index in [0.717, 1.165) is 0 Å². The number of phenolic OH excluding ortho intramolecular Hbond substituents is 1. The lowest BCUT2D eigenvalue weighted by Gasteiger charge is -2.26. The summed E-state index contributed by atoms with van der Waals surface area (Å²) in [6.45, 7) is 0.0321. The van der Waals surface area contributed by atoms with Gasteiger partial charge in [-0.3, -0.25) is 14.6 Å². The number of aromatic hydroxyl groups is 1. The van der Waals surface area contributed by atoms with Crippen LogP contribution in [-0.4, -0.2) is 38.9 Å². The number of aromatic nitrogens is 1. The summed E-state index contributed by atoms with van der Waals surface area (Å²) in [6.07, 6.45) is 1.59. The van der Waals surface area contributed by atoms with E-state index in [9.17, 15) is 19.8 Å². The minimum Gasteiger partial charge on any atom is -0.508 e. The molecule has 2 aromatic heterocycles. The van der Waals surface area contributed by atoms with Gasteiger partial charge in [0.2, 0.25) is 5.78 Å². The van der Waals surface area contributed by atoms with E-state index >= 15 is 0 Å². The van der Waals surface area contributed by atoms with E-state index in [1.165, 1.54) is 30.2 Å². The molecule has 0 fully saturated rings. The number of rotatable bonds is 6. The lowest BCUT2D eigenvalue weighted by Crippen LogP contribution is -2.31. The number of hydrogen-bond acceptors (Lipinski definition) is 7. The van der Waals surface area contributed by atoms with Crippen molar-refractivity contribution in [2.24, 2.45) is 0 Å². The lowest BCUT2D eigenvalue weighted by atomic mass is 9.94. The van der Waals surface area contributed by atoms with E-state index in [1.54, 1.807) is 48.7 Å². The molecule has 0 aliphatic carbocycles. The maximum Gasteiger partial charge on any atom is 0.290 e. The zero-order valence-electron chi connectivity index (χ0n) is 18.4. The fraction of sp³-hybridized carbons (Fsp3) is 0.115. The second kappa shape index (κ2) is 8.81. The number of phenols is 1. The number of methoxy groups -OCH3 is 1. The predicted molar refractivity (Wildman–Crippen MR) is 127 cm³/mol. The Balaban J connectivity index is 1.62. The number of ether oxygens (including phenoxy) is 1. The van der Waals surface area contributed by atoms with Gasteiger partial charge >= 0.3 is 0 Å². The molecule has 1 aliphatic heterocycles. The first kappa shape index (κ1) is 22.5. The fourth-order valence-electron chi connectivity index (χ4n) is 4.24. The first-order valence-electron chi connectivity index (χ1n) is 10.6. The molecule has 1 amide bonds. The smallest absolute Gasteiger partial charge is 0.290 e. The predicted octanol–water partition coefficient (Wildman–Crippen LogP) is 4.97. The van der Waals surface area contributed by atoms with Crippen molar-refractivity contribution >= 4 is 34.3 Å². The van der Waals surface area contributed by atoms with Gasteiger partial charge in [0.05, 0.1) is 31.0 Å². The minimum absolute atomic E-state index is 0.0321. The first-order valence-corrected chi connectivity index (χ1v) is 11.0. The Kier molecular flexibility index (Phi) is 5.66. The molecule has 4 aromatic rings. The third-order valence-electron chi connectivity index (χ3n) is 5.78. The molecule has 1 atom stereocenters. The number of aliphatic hydroxyl groups is 1. The molecule has 1 aliphatic rings. The molecule has 8 nitrogen and oxygen atoms in total. The van der Waals surface area contributed by atoms with Crippen molar-refractivity contribution in [3.8, 4) is 11.5 Å². The second-order valence-corrected chi connectivity index (χ2v) is 8.42. The van der Waals surface area contributed by atoms with E-state index < -0.39 is 23.5 Å². The third-order valence-corrected chi connectivity index (χ3v) is 6.00. The zero-order valence-corrected chi connectivity index (χ0v) is 19.2. The summed E-state index contributed by atoms with van der Waals surface area (Å²) >= 11 is 6.14. The van der Waals surface area contributed by atoms with Crippen LogP contribution in [0.4, 0.5) is 0 Å². The van der Waals surface area contributed by atoms with Gasteiger partial charge in [0, 0.05) is 22.7 Å². The summed E-state index contributed by atoms with van der Waals surface area (Å²) in [5, 5.41) is 21.9. The number of nitrogens with zero attached hydrogens (tertiary/aromatic N) is 2. The number of benzene rings is 2. The van der Waals surface area contributed by atoms with E-state index in [4.69, 9.17) is 20.8 Å². The number of amides is 1. The molecule has 176 valence electrons. The van der Waals surface area contributed by atoms with Crippen molar-refractivity contribution in [2.45, 2.75) is 12.6 Å². The van der Waals surface area contributed by atoms with Crippen LogP contribution in [0.15, 0.2) is 82.6 Å². The quantitative estimate of drug-likeness (QED) is 0.367. The SMILES string of the molecule is COc1cc(Cl)cc2cc(C(=O)C3=C(O)C(=O)N(Cc4ccccn4)C3c3cccc(O)c3)oc12. The van der Waals surface area contributed by atoms with Crippen LogP contribution in [0, 0.1) is 0 Å². The summed E-state index contributed by atoms with van der Waals surface area (Å²) in [7, 11) is 1.45. The topological polar surface area (TPSA) is 113 Å². The molecule has 0 saturated heterocycles. The molecule has 9 heteroatoms. The molecule has 2 N–H and O–H groups in total. The summed E-state index contributed by atoms with van der Waals surface area (Å²) in [5.41, 5.74) is 1.15. The normalized spacial score (nSPS) is 15.8. The average Bonchev–Trinajstić information content (AvgIpc) is 3.38. The number of fused-ring (bicyclic) bond motifs is 1. The van der Waals surface area contributed by atoms with Gasteiger partial charge in [-0.05, 0) is 42.0 Å². The molecule has 3 heterocycles. The standard InChI is InChI=1S/C26H19ClN2O6/c1-34-20-12-16(27)9-15-11-19(35-25(15)20)23(31)21-22(14-5-4-7-18(30)10-14)29(26(33)24(21)32)13-17-6-2-3-8-28-17/h2-12,22,30,32H,13H2,1H3. The highest BCUT2D eigenvalue weighted by molar-refractivity contribution is 6.31. The van der Waals surface area contributed by atoms with Crippen LogP contribution < -0.4 is 4.74 Å². The van der Waals surface area contributed by atoms with Gasteiger partial charge in [0.15, 0.2) is 22.9 Å². The van der Waals surface area contributed by atoms with Crippen molar-refractivity contribution < 1.29 is 29.0 Å². The molecule has 0 saturated carbocycles. The fourth-order valence-corrected chi connectivity index (χ4v) is 4.46. The molecule has 1 unspecified atom stereocenters. The molecule has 35 heavy (non-hydrogen) atoms. The van der Waals surface area contributed by atoms with Gasteiger partial charge in [-0.1, -0.05) is 29.8 Å². The summed E-state index contributed by atoms with van der Waals surface area (Å²) in [6, 6.07) is 15.1. The first-order chi connectivity index (χ1) is 16.9. The zero-order chi connectivity index (χ0) is 24.7. The molecular formula is C26H19ClN2O6. The maximum absolute atomic E-state index is 13.7. The molecule has 2 aromatic carbocycles. The number of furan rings is 1. The van der Waals surface area contributed by atoms with Crippen LogP contribution in [0.3, 0.4) is 0 Å². The highest BCUT2D eigenvalue weighted by atomic mass is 35.5. The van der Waals surface area contributed by atoms with Crippen LogP contribution in [0.2, 0.25) is 5.02 Å². The maximum atomic E-state index is 13.7. The van der Waals surface area contributed by atoms with Gasteiger partial charge in [-0.25, -0.2) is 0 Å². The number of aliphatic hydroxyl groups excluding tert-OH is 1. The van der Waals surface area contributed by atoms with E-state index in [2.05, 4.69) is 4.98 Å². The minimum atomic E-state index is -0.984. The number of pyridine rings is 1. The van der Waals surface area contributed by atoms with Crippen molar-refractivity contribution in [3.05, 3.63) is 100 Å². The molecule has 0 radical (unpaired) electrons. The summed E-state index contributed by atoms with van der Waals surface area (Å²) in [4.78, 5) is 32.4. The van der Waals surface area contributed by atoms with E-state index in [0.29, 0.717) is 33.0 Å². The number of ketones is 1. The van der Waals surface area contributed by atoms with Gasteiger partial charge in [-0.2, -0.15) is 0 Å². The van der Waals surface area contributed by atoms with Crippen LogP contribution in [0.5, 0.6) is 11.5 Å². The second-order valence-electron chi connectivity index (χ2n) is 7.98. The number of hydrogen-bond donors (Lipinski definition) is 2. The monoisotopic (exact) mass is 490 g/mol. The number of carbonyl (C=O) groups excluding carboxylic acids is 2. The number of carbonyl (C=O) groups is 2. The van der Waals surface area contributed by atoms with Crippen LogP contribution >= 0.6 is 11.6 Å². The van der Waals surface area contributed by atoms with Crippen molar-refractivity contribution in [2.75, 3.05) is 7.11 Å². The van der Waals surface area contributed by atoms with E-state index in [-0.39, 0.29) is 23.6 Å². The molecule has 0 spiro atoms. The molecular weight excluding hydrogens is 472 g/mol. The lowest BCUT2D eigenvalue weighted by molar-refractivity contribution is -0.130. The Hall–Kier alpha value is -4.30. The summed E-state index contributed by atoms with van der Waals surface area (Å²) < 4.78 is 11.1. The van der Waals surface area contributed by atoms with Crippen molar-refractivity contribution in [1.82, 2.24) is 9.88 Å². The van der Waals surface area contributed by atoms with Gasteiger partial charge < -0.3 is 24.3 Å². The Morgan fingerprint density at radius 1 is 1.14 bits per heavy atom. The largest absolute Gasteiger partial charge is 0.508 e. The Morgan fingerprint density at radius 2 is 1.97 bits per heavy atom. The van der Waals surface area contributed by atoms with Crippen LogP contribution in [0.1, 0.15) is 27.9 Å². The van der Waals surface area contributed by atoms with E-state index in [1.807, 2.05) is 0 Å². The van der Waals surface area contributed by atoms with Crippen molar-refractivity contribution in [3.63, 3.8) is 0 Å². The van der Waals surface area contributed by atoms with Gasteiger partial charge in [0.1, 0.15) is 5.75 Å². The third kappa shape index (κ3) is 3.98. The van der Waals surface area contributed by atoms with Gasteiger partial charge in [0.25, 0.3) is 5.91 Å². The highest BCUT2D eigenvalue weighted by Crippen LogP contribution is 2.42. The van der Waals surface area contributed by atoms with Gasteiger partial charge in [-0.15, -0.1) is 0 Å². The Labute approximate surface area is 204 Å².